The summed E-state index contributed by atoms with van der Waals surface area (Å²) in [7, 11) is 1.38. The number of benzene rings is 1. The molecule has 1 aromatic rings. The van der Waals surface area contributed by atoms with Crippen molar-refractivity contribution in [2.45, 2.75) is 0 Å². The molecule has 94 valence electrons. The molecule has 0 bridgehead atoms. The molecule has 1 aliphatic rings. The zero-order valence-electron chi connectivity index (χ0n) is 10.3. The Morgan fingerprint density at radius 2 is 2.33 bits per heavy atom. The van der Waals surface area contributed by atoms with Crippen LogP contribution in [0.2, 0.25) is 0 Å². The maximum Gasteiger partial charge on any atom is 0.337 e. The van der Waals surface area contributed by atoms with E-state index in [2.05, 4.69) is 4.90 Å². The maximum absolute atomic E-state index is 11.5. The van der Waals surface area contributed by atoms with Crippen molar-refractivity contribution in [3.05, 3.63) is 53.8 Å². The average Bonchev–Trinajstić information content (AvgIpc) is 2.46. The largest absolute Gasteiger partial charge is 0.465 e. The second-order valence-electron chi connectivity index (χ2n) is 4.00. The molecule has 0 atom stereocenters. The third-order valence-electron chi connectivity index (χ3n) is 2.79. The molecule has 0 spiro atoms. The molecule has 2 N–H and O–H groups in total. The van der Waals surface area contributed by atoms with E-state index in [-0.39, 0.29) is 5.97 Å². The number of hydrogen-bond acceptors (Lipinski definition) is 4. The van der Waals surface area contributed by atoms with Crippen LogP contribution in [0.3, 0.4) is 0 Å². The fourth-order valence-corrected chi connectivity index (χ4v) is 1.84. The number of ether oxygens (including phenoxy) is 1. The van der Waals surface area contributed by atoms with Gasteiger partial charge in [-0.05, 0) is 23.8 Å². The van der Waals surface area contributed by atoms with Crippen LogP contribution < -0.4 is 10.6 Å². The van der Waals surface area contributed by atoms with Gasteiger partial charge in [0.1, 0.15) is 0 Å². The molecule has 0 fully saturated rings. The van der Waals surface area contributed by atoms with Crippen LogP contribution in [-0.2, 0) is 4.74 Å². The smallest absolute Gasteiger partial charge is 0.337 e. The zero-order valence-corrected chi connectivity index (χ0v) is 10.3. The molecular weight excluding hydrogens is 228 g/mol. The van der Waals surface area contributed by atoms with Gasteiger partial charge in [-0.1, -0.05) is 18.2 Å². The summed E-state index contributed by atoms with van der Waals surface area (Å²) in [4.78, 5) is 13.5. The third kappa shape index (κ3) is 2.60. The van der Waals surface area contributed by atoms with Crippen LogP contribution in [0.1, 0.15) is 10.4 Å². The van der Waals surface area contributed by atoms with E-state index in [1.807, 2.05) is 36.6 Å². The zero-order chi connectivity index (χ0) is 13.0. The van der Waals surface area contributed by atoms with Crippen LogP contribution in [-0.4, -0.2) is 26.2 Å². The van der Waals surface area contributed by atoms with Gasteiger partial charge in [-0.2, -0.15) is 0 Å². The highest BCUT2D eigenvalue weighted by molar-refractivity contribution is 5.90. The monoisotopic (exact) mass is 244 g/mol. The number of carbonyl (C=O) groups is 1. The van der Waals surface area contributed by atoms with Crippen molar-refractivity contribution >= 4 is 11.7 Å². The Balaban J connectivity index is 2.26. The van der Waals surface area contributed by atoms with Crippen molar-refractivity contribution in [2.24, 2.45) is 5.73 Å². The highest BCUT2D eigenvalue weighted by Crippen LogP contribution is 2.20. The lowest BCUT2D eigenvalue weighted by molar-refractivity contribution is 0.0601. The molecule has 4 nitrogen and oxygen atoms in total. The van der Waals surface area contributed by atoms with Gasteiger partial charge in [0.2, 0.25) is 0 Å². The molecule has 0 saturated carbocycles. The van der Waals surface area contributed by atoms with Crippen molar-refractivity contribution in [3.63, 3.8) is 0 Å². The Morgan fingerprint density at radius 1 is 1.50 bits per heavy atom. The first-order chi connectivity index (χ1) is 8.74. The van der Waals surface area contributed by atoms with Crippen molar-refractivity contribution in [3.8, 4) is 0 Å². The Bertz CT molecular complexity index is 506. The first-order valence-corrected chi connectivity index (χ1v) is 5.77. The number of rotatable bonds is 3. The van der Waals surface area contributed by atoms with E-state index in [0.29, 0.717) is 12.1 Å². The van der Waals surface area contributed by atoms with E-state index in [4.69, 9.17) is 10.5 Å². The summed E-state index contributed by atoms with van der Waals surface area (Å²) in [5.41, 5.74) is 8.18. The summed E-state index contributed by atoms with van der Waals surface area (Å²) in [6.45, 7) is 1.28. The minimum Gasteiger partial charge on any atom is -0.465 e. The fraction of sp³-hybridized carbons (Fsp3) is 0.214. The van der Waals surface area contributed by atoms with E-state index < -0.39 is 0 Å². The number of nitrogens with zero attached hydrogens (tertiary/aromatic N) is 1. The molecule has 1 aromatic carbocycles. The van der Waals surface area contributed by atoms with Crippen LogP contribution in [0.25, 0.3) is 0 Å². The quantitative estimate of drug-likeness (QED) is 0.822. The molecule has 1 heterocycles. The first-order valence-electron chi connectivity index (χ1n) is 5.77. The highest BCUT2D eigenvalue weighted by Gasteiger charge is 2.10. The number of nitrogens with two attached hydrogens (primary N) is 1. The molecule has 0 saturated heterocycles. The standard InChI is InChI=1S/C14H16N2O2/c1-18-14(17)12-5-2-6-13(8-12)16-7-3-4-11(9-15)10-16/h2-6,8,10H,7,9,15H2,1H3. The summed E-state index contributed by atoms with van der Waals surface area (Å²) in [5.74, 6) is -0.326. The van der Waals surface area contributed by atoms with Gasteiger partial charge in [-0.15, -0.1) is 0 Å². The Labute approximate surface area is 106 Å². The molecule has 4 heteroatoms. The van der Waals surface area contributed by atoms with Crippen LogP contribution in [0.4, 0.5) is 5.69 Å². The van der Waals surface area contributed by atoms with Crippen molar-refractivity contribution in [1.29, 1.82) is 0 Å². The van der Waals surface area contributed by atoms with Gasteiger partial charge in [0.15, 0.2) is 0 Å². The lowest BCUT2D eigenvalue weighted by atomic mass is 10.1. The lowest BCUT2D eigenvalue weighted by Gasteiger charge is -2.23. The number of anilines is 1. The Kier molecular flexibility index (Phi) is 3.79. The minimum absolute atomic E-state index is 0.326. The summed E-state index contributed by atoms with van der Waals surface area (Å²) in [6, 6.07) is 7.35. The number of carbonyl (C=O) groups excluding carboxylic acids is 1. The molecule has 1 aliphatic heterocycles. The van der Waals surface area contributed by atoms with E-state index in [1.54, 1.807) is 6.07 Å². The molecular formula is C14H16N2O2. The van der Waals surface area contributed by atoms with Crippen LogP contribution in [0.15, 0.2) is 48.2 Å². The summed E-state index contributed by atoms with van der Waals surface area (Å²) >= 11 is 0. The second kappa shape index (κ2) is 5.51. The molecule has 0 aliphatic carbocycles. The molecule has 0 amide bonds. The van der Waals surface area contributed by atoms with Crippen LogP contribution in [0, 0.1) is 0 Å². The minimum atomic E-state index is -0.326. The normalized spacial score (nSPS) is 14.3. The Morgan fingerprint density at radius 3 is 3.06 bits per heavy atom. The van der Waals surface area contributed by atoms with Gasteiger partial charge < -0.3 is 15.4 Å². The van der Waals surface area contributed by atoms with Gasteiger partial charge in [0.05, 0.1) is 12.7 Å². The van der Waals surface area contributed by atoms with Crippen LogP contribution >= 0.6 is 0 Å². The van der Waals surface area contributed by atoms with Gasteiger partial charge >= 0.3 is 5.97 Å². The molecule has 0 radical (unpaired) electrons. The lowest BCUT2D eigenvalue weighted by Crippen LogP contribution is -2.21. The summed E-state index contributed by atoms with van der Waals surface area (Å²) in [5, 5.41) is 0. The highest BCUT2D eigenvalue weighted by atomic mass is 16.5. The summed E-state index contributed by atoms with van der Waals surface area (Å²) in [6.07, 6.45) is 6.06. The van der Waals surface area contributed by atoms with Crippen molar-refractivity contribution in [1.82, 2.24) is 0 Å². The van der Waals surface area contributed by atoms with Crippen molar-refractivity contribution in [2.75, 3.05) is 25.1 Å². The fourth-order valence-electron chi connectivity index (χ4n) is 1.84. The second-order valence-corrected chi connectivity index (χ2v) is 4.00. The van der Waals surface area contributed by atoms with E-state index >= 15 is 0 Å². The molecule has 2 rings (SSSR count). The Hall–Kier alpha value is -2.07. The molecule has 0 unspecified atom stereocenters. The van der Waals surface area contributed by atoms with Gasteiger partial charge in [0.25, 0.3) is 0 Å². The third-order valence-corrected chi connectivity index (χ3v) is 2.79. The number of esters is 1. The van der Waals surface area contributed by atoms with E-state index in [9.17, 15) is 4.79 Å². The number of hydrogen-bond donors (Lipinski definition) is 1. The average molecular weight is 244 g/mol. The van der Waals surface area contributed by atoms with Crippen LogP contribution in [0.5, 0.6) is 0 Å². The van der Waals surface area contributed by atoms with E-state index in [0.717, 1.165) is 17.8 Å². The first kappa shape index (κ1) is 12.4. The predicted molar refractivity (Wildman–Crippen MR) is 71.4 cm³/mol. The molecule has 18 heavy (non-hydrogen) atoms. The van der Waals surface area contributed by atoms with Gasteiger partial charge in [-0.3, -0.25) is 0 Å². The maximum atomic E-state index is 11.5. The van der Waals surface area contributed by atoms with E-state index in [1.165, 1.54) is 7.11 Å². The predicted octanol–water partition coefficient (Wildman–Crippen LogP) is 1.69. The SMILES string of the molecule is COC(=O)c1cccc(N2C=C(CN)C=CC2)c1. The van der Waals surface area contributed by atoms with Gasteiger partial charge in [-0.25, -0.2) is 4.79 Å². The van der Waals surface area contributed by atoms with Crippen molar-refractivity contribution < 1.29 is 9.53 Å². The topological polar surface area (TPSA) is 55.6 Å². The number of methoxy groups -OCH3 is 1. The summed E-state index contributed by atoms with van der Waals surface area (Å²) < 4.78 is 4.71. The molecule has 0 aromatic heterocycles. The van der Waals surface area contributed by atoms with Gasteiger partial charge in [0, 0.05) is 25.0 Å².